The van der Waals surface area contributed by atoms with Gasteiger partial charge in [-0.3, -0.25) is 9.59 Å². The van der Waals surface area contributed by atoms with Crippen molar-refractivity contribution < 1.29 is 14.3 Å². The van der Waals surface area contributed by atoms with Crippen molar-refractivity contribution in [2.45, 2.75) is 60.5 Å². The van der Waals surface area contributed by atoms with Gasteiger partial charge >= 0.3 is 5.97 Å². The first kappa shape index (κ1) is 16.1. The Kier molecular flexibility index (Phi) is 5.86. The number of ether oxygens (including phenoxy) is 1. The van der Waals surface area contributed by atoms with Gasteiger partial charge in [0.05, 0.1) is 5.92 Å². The highest BCUT2D eigenvalue weighted by Gasteiger charge is 2.27. The maximum absolute atomic E-state index is 11.8. The molecular weight excluding hydrogens is 216 g/mol. The second kappa shape index (κ2) is 6.18. The maximum atomic E-state index is 11.8. The molecule has 0 aromatic heterocycles. The van der Waals surface area contributed by atoms with E-state index in [4.69, 9.17) is 4.74 Å². The Hall–Kier alpha value is -0.860. The van der Waals surface area contributed by atoms with Crippen molar-refractivity contribution >= 4 is 11.8 Å². The summed E-state index contributed by atoms with van der Waals surface area (Å²) in [6.45, 7) is 13.1. The van der Waals surface area contributed by atoms with Gasteiger partial charge in [-0.15, -0.1) is 0 Å². The molecule has 0 bridgehead atoms. The molecule has 100 valence electrons. The molecule has 0 aromatic rings. The van der Waals surface area contributed by atoms with Gasteiger partial charge in [-0.25, -0.2) is 0 Å². The number of Topliss-reactive ketones (excluding diaryl/α,β-unsaturated/α-hetero) is 1. The van der Waals surface area contributed by atoms with Gasteiger partial charge in [0.2, 0.25) is 0 Å². The Balaban J connectivity index is 4.35. The molecule has 0 radical (unpaired) electrons. The second-order valence-electron chi connectivity index (χ2n) is 6.12. The van der Waals surface area contributed by atoms with Gasteiger partial charge in [0.15, 0.2) is 0 Å². The van der Waals surface area contributed by atoms with Crippen LogP contribution in [0.4, 0.5) is 0 Å². The normalized spacial score (nSPS) is 15.5. The molecule has 0 unspecified atom stereocenters. The van der Waals surface area contributed by atoms with Crippen LogP contribution in [-0.4, -0.2) is 17.4 Å². The first-order valence-corrected chi connectivity index (χ1v) is 6.30. The van der Waals surface area contributed by atoms with Gasteiger partial charge in [0.1, 0.15) is 11.4 Å². The van der Waals surface area contributed by atoms with Crippen LogP contribution in [0, 0.1) is 17.8 Å². The summed E-state index contributed by atoms with van der Waals surface area (Å²) in [5.74, 6) is -0.200. The highest BCUT2D eigenvalue weighted by molar-refractivity contribution is 5.81. The van der Waals surface area contributed by atoms with Crippen LogP contribution < -0.4 is 0 Å². The Bertz CT molecular complexity index is 274. The zero-order chi connectivity index (χ0) is 13.8. The SMILES string of the molecule is CC(C)C(=O)C[C@H](C)[C@@H](C)C(=O)OC(C)(C)C. The molecule has 0 aliphatic carbocycles. The number of carbonyl (C=O) groups is 2. The molecule has 0 aromatic carbocycles. The van der Waals surface area contributed by atoms with Crippen LogP contribution in [0.1, 0.15) is 54.9 Å². The molecule has 0 spiro atoms. The summed E-state index contributed by atoms with van der Waals surface area (Å²) >= 11 is 0. The summed E-state index contributed by atoms with van der Waals surface area (Å²) < 4.78 is 5.31. The van der Waals surface area contributed by atoms with E-state index in [0.29, 0.717) is 6.42 Å². The predicted molar refractivity (Wildman–Crippen MR) is 68.6 cm³/mol. The standard InChI is InChI=1S/C14H26O3/c1-9(2)12(15)8-10(3)11(4)13(16)17-14(5,6)7/h9-11H,8H2,1-7H3/t10-,11+/m0/s1. The van der Waals surface area contributed by atoms with Crippen LogP contribution >= 0.6 is 0 Å². The second-order valence-corrected chi connectivity index (χ2v) is 6.12. The zero-order valence-corrected chi connectivity index (χ0v) is 12.2. The molecule has 3 heteroatoms. The predicted octanol–water partition coefficient (Wildman–Crippen LogP) is 3.22. The summed E-state index contributed by atoms with van der Waals surface area (Å²) in [7, 11) is 0. The molecule has 0 aliphatic heterocycles. The van der Waals surface area contributed by atoms with Crippen LogP contribution in [0.5, 0.6) is 0 Å². The van der Waals surface area contributed by atoms with Gasteiger partial charge < -0.3 is 4.74 Å². The summed E-state index contributed by atoms with van der Waals surface area (Å²) in [6, 6.07) is 0. The van der Waals surface area contributed by atoms with Crippen molar-refractivity contribution in [1.82, 2.24) is 0 Å². The highest BCUT2D eigenvalue weighted by atomic mass is 16.6. The van der Waals surface area contributed by atoms with E-state index in [1.54, 1.807) is 0 Å². The van der Waals surface area contributed by atoms with E-state index in [-0.39, 0.29) is 29.5 Å². The first-order chi connectivity index (χ1) is 7.54. The fourth-order valence-corrected chi connectivity index (χ4v) is 1.36. The van der Waals surface area contributed by atoms with Crippen molar-refractivity contribution in [2.24, 2.45) is 17.8 Å². The van der Waals surface area contributed by atoms with Crippen molar-refractivity contribution in [3.8, 4) is 0 Å². The Morgan fingerprint density at radius 2 is 1.53 bits per heavy atom. The minimum atomic E-state index is -0.465. The molecule has 0 N–H and O–H groups in total. The molecule has 0 fully saturated rings. The van der Waals surface area contributed by atoms with Crippen molar-refractivity contribution in [3.63, 3.8) is 0 Å². The van der Waals surface area contributed by atoms with Crippen molar-refractivity contribution in [3.05, 3.63) is 0 Å². The van der Waals surface area contributed by atoms with Crippen molar-refractivity contribution in [1.29, 1.82) is 0 Å². The van der Waals surface area contributed by atoms with Gasteiger partial charge in [0.25, 0.3) is 0 Å². The highest BCUT2D eigenvalue weighted by Crippen LogP contribution is 2.21. The van der Waals surface area contributed by atoms with E-state index in [1.807, 2.05) is 48.5 Å². The number of hydrogen-bond donors (Lipinski definition) is 0. The van der Waals surface area contributed by atoms with Gasteiger partial charge in [-0.05, 0) is 26.7 Å². The van der Waals surface area contributed by atoms with Crippen LogP contribution in [0.15, 0.2) is 0 Å². The average molecular weight is 242 g/mol. The van der Waals surface area contributed by atoms with Gasteiger partial charge in [0, 0.05) is 12.3 Å². The van der Waals surface area contributed by atoms with E-state index in [9.17, 15) is 9.59 Å². The minimum absolute atomic E-state index is 0.0275. The first-order valence-electron chi connectivity index (χ1n) is 6.30. The zero-order valence-electron chi connectivity index (χ0n) is 12.2. The van der Waals surface area contributed by atoms with Crippen LogP contribution in [0.2, 0.25) is 0 Å². The third kappa shape index (κ3) is 6.44. The quantitative estimate of drug-likeness (QED) is 0.695. The number of carbonyl (C=O) groups excluding carboxylic acids is 2. The molecule has 0 aliphatic rings. The largest absolute Gasteiger partial charge is 0.460 e. The fourth-order valence-electron chi connectivity index (χ4n) is 1.36. The van der Waals surface area contributed by atoms with E-state index < -0.39 is 5.60 Å². The number of rotatable bonds is 5. The maximum Gasteiger partial charge on any atom is 0.309 e. The van der Waals surface area contributed by atoms with E-state index in [2.05, 4.69) is 0 Å². The van der Waals surface area contributed by atoms with Gasteiger partial charge in [-0.1, -0.05) is 27.7 Å². The number of hydrogen-bond acceptors (Lipinski definition) is 3. The molecule has 0 heterocycles. The summed E-state index contributed by atoms with van der Waals surface area (Å²) in [5, 5.41) is 0. The molecule has 0 saturated carbocycles. The third-order valence-corrected chi connectivity index (χ3v) is 2.80. The lowest BCUT2D eigenvalue weighted by Gasteiger charge is -2.25. The topological polar surface area (TPSA) is 43.4 Å². The van der Waals surface area contributed by atoms with E-state index in [0.717, 1.165) is 0 Å². The Morgan fingerprint density at radius 3 is 1.88 bits per heavy atom. The average Bonchev–Trinajstić information content (AvgIpc) is 2.13. The van der Waals surface area contributed by atoms with Gasteiger partial charge in [-0.2, -0.15) is 0 Å². The smallest absolute Gasteiger partial charge is 0.309 e. The summed E-state index contributed by atoms with van der Waals surface area (Å²) in [5.41, 5.74) is -0.465. The molecule has 3 nitrogen and oxygen atoms in total. The molecular formula is C14H26O3. The summed E-state index contributed by atoms with van der Waals surface area (Å²) in [4.78, 5) is 23.4. The lowest BCUT2D eigenvalue weighted by Crippen LogP contribution is -2.31. The van der Waals surface area contributed by atoms with Crippen LogP contribution in [0.3, 0.4) is 0 Å². The fraction of sp³-hybridized carbons (Fsp3) is 0.857. The lowest BCUT2D eigenvalue weighted by atomic mass is 9.88. The number of esters is 1. The molecule has 0 rings (SSSR count). The molecule has 2 atom stereocenters. The third-order valence-electron chi connectivity index (χ3n) is 2.80. The Morgan fingerprint density at radius 1 is 1.06 bits per heavy atom. The van der Waals surface area contributed by atoms with E-state index >= 15 is 0 Å². The molecule has 17 heavy (non-hydrogen) atoms. The van der Waals surface area contributed by atoms with Crippen LogP contribution in [0.25, 0.3) is 0 Å². The van der Waals surface area contributed by atoms with E-state index in [1.165, 1.54) is 0 Å². The van der Waals surface area contributed by atoms with Crippen molar-refractivity contribution in [2.75, 3.05) is 0 Å². The van der Waals surface area contributed by atoms with Crippen LogP contribution in [-0.2, 0) is 14.3 Å². The summed E-state index contributed by atoms with van der Waals surface area (Å²) in [6.07, 6.45) is 0.443. The number of ketones is 1. The minimum Gasteiger partial charge on any atom is -0.460 e. The molecule has 0 amide bonds. The monoisotopic (exact) mass is 242 g/mol. The lowest BCUT2D eigenvalue weighted by molar-refractivity contribution is -0.161. The Labute approximate surface area is 105 Å². The molecule has 0 saturated heterocycles.